The minimum atomic E-state index is 0.535. The summed E-state index contributed by atoms with van der Waals surface area (Å²) in [7, 11) is 0. The Morgan fingerprint density at radius 2 is 2.00 bits per heavy atom. The van der Waals surface area contributed by atoms with Gasteiger partial charge in [-0.2, -0.15) is 0 Å². The molecule has 2 aromatic rings. The normalized spacial score (nSPS) is 10.1. The number of hydrogen-bond acceptors (Lipinski definition) is 4. The number of halogens is 1. The minimum Gasteiger partial charge on any atom is -0.297 e. The van der Waals surface area contributed by atoms with Gasteiger partial charge in [-0.3, -0.25) is 4.79 Å². The SMILES string of the molecule is O=Cc1snnc1-c1ccc(Cl)cc1. The van der Waals surface area contributed by atoms with E-state index in [1.165, 1.54) is 0 Å². The molecule has 0 aliphatic carbocycles. The van der Waals surface area contributed by atoms with Gasteiger partial charge in [0.1, 0.15) is 10.6 Å². The van der Waals surface area contributed by atoms with Gasteiger partial charge in [0.25, 0.3) is 0 Å². The Morgan fingerprint density at radius 1 is 1.29 bits per heavy atom. The van der Waals surface area contributed by atoms with E-state index in [2.05, 4.69) is 9.59 Å². The van der Waals surface area contributed by atoms with Crippen LogP contribution in [0, 0.1) is 0 Å². The second-order valence-corrected chi connectivity index (χ2v) is 3.83. The predicted molar refractivity (Wildman–Crippen MR) is 55.7 cm³/mol. The monoisotopic (exact) mass is 224 g/mol. The summed E-state index contributed by atoms with van der Waals surface area (Å²) in [5.41, 5.74) is 1.46. The molecule has 5 heteroatoms. The van der Waals surface area contributed by atoms with Crippen molar-refractivity contribution >= 4 is 29.4 Å². The number of carbonyl (C=O) groups is 1. The summed E-state index contributed by atoms with van der Waals surface area (Å²) in [6.07, 6.45) is 0.759. The smallest absolute Gasteiger partial charge is 0.163 e. The average Bonchev–Trinajstić information content (AvgIpc) is 2.67. The molecule has 0 unspecified atom stereocenters. The van der Waals surface area contributed by atoms with Crippen LogP contribution in [0.1, 0.15) is 9.67 Å². The van der Waals surface area contributed by atoms with Gasteiger partial charge in [0.15, 0.2) is 6.29 Å². The second kappa shape index (κ2) is 3.86. The molecule has 0 aliphatic heterocycles. The van der Waals surface area contributed by atoms with E-state index in [1.54, 1.807) is 12.1 Å². The molecule has 14 heavy (non-hydrogen) atoms. The highest BCUT2D eigenvalue weighted by Crippen LogP contribution is 2.23. The van der Waals surface area contributed by atoms with Gasteiger partial charge >= 0.3 is 0 Å². The number of rotatable bonds is 2. The number of aromatic nitrogens is 2. The Hall–Kier alpha value is -1.26. The maximum atomic E-state index is 10.6. The van der Waals surface area contributed by atoms with E-state index in [1.807, 2.05) is 12.1 Å². The lowest BCUT2D eigenvalue weighted by atomic mass is 10.1. The van der Waals surface area contributed by atoms with Crippen LogP contribution in [-0.4, -0.2) is 15.9 Å². The Labute approximate surface area is 89.5 Å². The fraction of sp³-hybridized carbons (Fsp3) is 0. The van der Waals surface area contributed by atoms with Gasteiger partial charge in [0.05, 0.1) is 0 Å². The van der Waals surface area contributed by atoms with E-state index in [4.69, 9.17) is 11.6 Å². The highest BCUT2D eigenvalue weighted by molar-refractivity contribution is 7.07. The molecular formula is C9H5ClN2OS. The first kappa shape index (κ1) is 9.30. The van der Waals surface area contributed by atoms with E-state index in [-0.39, 0.29) is 0 Å². The molecule has 1 heterocycles. The Morgan fingerprint density at radius 3 is 2.64 bits per heavy atom. The molecule has 0 N–H and O–H groups in total. The molecule has 0 fully saturated rings. The van der Waals surface area contributed by atoms with Crippen molar-refractivity contribution in [1.29, 1.82) is 0 Å². The predicted octanol–water partition coefficient (Wildman–Crippen LogP) is 2.67. The summed E-state index contributed by atoms with van der Waals surface area (Å²) in [5, 5.41) is 4.54. The molecule has 1 aromatic heterocycles. The summed E-state index contributed by atoms with van der Waals surface area (Å²) in [5.74, 6) is 0. The first-order chi connectivity index (χ1) is 6.81. The van der Waals surface area contributed by atoms with Gasteiger partial charge in [0, 0.05) is 10.6 Å². The first-order valence-corrected chi connectivity index (χ1v) is 5.00. The number of carbonyl (C=O) groups excluding carboxylic acids is 1. The summed E-state index contributed by atoms with van der Waals surface area (Å²) in [4.78, 5) is 11.2. The topological polar surface area (TPSA) is 42.9 Å². The molecule has 3 nitrogen and oxygen atoms in total. The van der Waals surface area contributed by atoms with Crippen molar-refractivity contribution < 1.29 is 4.79 Å². The van der Waals surface area contributed by atoms with Crippen LogP contribution >= 0.6 is 23.1 Å². The van der Waals surface area contributed by atoms with Crippen molar-refractivity contribution in [2.45, 2.75) is 0 Å². The lowest BCUT2D eigenvalue weighted by molar-refractivity contribution is 0.112. The largest absolute Gasteiger partial charge is 0.297 e. The zero-order valence-electron chi connectivity index (χ0n) is 6.98. The third-order valence-electron chi connectivity index (χ3n) is 1.74. The van der Waals surface area contributed by atoms with Crippen LogP contribution < -0.4 is 0 Å². The van der Waals surface area contributed by atoms with Crippen LogP contribution in [0.4, 0.5) is 0 Å². The van der Waals surface area contributed by atoms with Crippen LogP contribution in [0.25, 0.3) is 11.3 Å². The molecule has 70 valence electrons. The van der Waals surface area contributed by atoms with Crippen LogP contribution in [-0.2, 0) is 0 Å². The number of nitrogens with zero attached hydrogens (tertiary/aromatic N) is 2. The summed E-state index contributed by atoms with van der Waals surface area (Å²) in [6.45, 7) is 0. The maximum absolute atomic E-state index is 10.6. The van der Waals surface area contributed by atoms with E-state index in [0.717, 1.165) is 23.4 Å². The molecule has 0 aliphatic rings. The number of aldehydes is 1. The van der Waals surface area contributed by atoms with Crippen LogP contribution in [0.2, 0.25) is 5.02 Å². The third-order valence-corrected chi connectivity index (χ3v) is 2.64. The minimum absolute atomic E-state index is 0.535. The highest BCUT2D eigenvalue weighted by Gasteiger charge is 2.08. The third kappa shape index (κ3) is 1.66. The molecule has 0 saturated heterocycles. The Bertz CT molecular complexity index is 452. The van der Waals surface area contributed by atoms with E-state index in [0.29, 0.717) is 15.6 Å². The van der Waals surface area contributed by atoms with Gasteiger partial charge in [-0.15, -0.1) is 5.10 Å². The Kier molecular flexibility index (Phi) is 2.56. The van der Waals surface area contributed by atoms with E-state index < -0.39 is 0 Å². The molecule has 0 spiro atoms. The molecular weight excluding hydrogens is 220 g/mol. The van der Waals surface area contributed by atoms with Crippen molar-refractivity contribution in [2.24, 2.45) is 0 Å². The zero-order chi connectivity index (χ0) is 9.97. The van der Waals surface area contributed by atoms with Crippen molar-refractivity contribution in [3.63, 3.8) is 0 Å². The first-order valence-electron chi connectivity index (χ1n) is 3.85. The summed E-state index contributed by atoms with van der Waals surface area (Å²) in [6, 6.07) is 7.13. The van der Waals surface area contributed by atoms with Gasteiger partial charge in [0.2, 0.25) is 0 Å². The summed E-state index contributed by atoms with van der Waals surface area (Å²) >= 11 is 6.83. The molecule has 1 aromatic carbocycles. The summed E-state index contributed by atoms with van der Waals surface area (Å²) < 4.78 is 3.72. The molecule has 0 amide bonds. The molecule has 0 atom stereocenters. The standard InChI is InChI=1S/C9H5ClN2OS/c10-7-3-1-6(2-4-7)9-8(5-13)14-12-11-9/h1-5H. The maximum Gasteiger partial charge on any atom is 0.163 e. The van der Waals surface area contributed by atoms with Crippen LogP contribution in [0.3, 0.4) is 0 Å². The zero-order valence-corrected chi connectivity index (χ0v) is 8.55. The fourth-order valence-corrected chi connectivity index (χ4v) is 1.71. The molecule has 2 rings (SSSR count). The van der Waals surface area contributed by atoms with E-state index >= 15 is 0 Å². The average molecular weight is 225 g/mol. The molecule has 0 bridgehead atoms. The van der Waals surface area contributed by atoms with Crippen molar-refractivity contribution in [2.75, 3.05) is 0 Å². The molecule has 0 radical (unpaired) electrons. The van der Waals surface area contributed by atoms with Crippen molar-refractivity contribution in [3.05, 3.63) is 34.2 Å². The van der Waals surface area contributed by atoms with Gasteiger partial charge in [-0.05, 0) is 23.7 Å². The second-order valence-electron chi connectivity index (χ2n) is 2.61. The van der Waals surface area contributed by atoms with E-state index in [9.17, 15) is 4.79 Å². The van der Waals surface area contributed by atoms with Gasteiger partial charge in [-0.1, -0.05) is 28.2 Å². The van der Waals surface area contributed by atoms with Crippen molar-refractivity contribution in [3.8, 4) is 11.3 Å². The Balaban J connectivity index is 2.49. The lowest BCUT2D eigenvalue weighted by Crippen LogP contribution is -1.82. The fourth-order valence-electron chi connectivity index (χ4n) is 1.08. The van der Waals surface area contributed by atoms with Crippen LogP contribution in [0.5, 0.6) is 0 Å². The van der Waals surface area contributed by atoms with Gasteiger partial charge < -0.3 is 0 Å². The van der Waals surface area contributed by atoms with Crippen LogP contribution in [0.15, 0.2) is 24.3 Å². The molecule has 0 saturated carbocycles. The highest BCUT2D eigenvalue weighted by atomic mass is 35.5. The quantitative estimate of drug-likeness (QED) is 0.737. The number of hydrogen-bond donors (Lipinski definition) is 0. The lowest BCUT2D eigenvalue weighted by Gasteiger charge is -1.96. The number of benzene rings is 1. The van der Waals surface area contributed by atoms with Crippen molar-refractivity contribution in [1.82, 2.24) is 9.59 Å². The van der Waals surface area contributed by atoms with Gasteiger partial charge in [-0.25, -0.2) is 0 Å².